The van der Waals surface area contributed by atoms with Gasteiger partial charge in [-0.2, -0.15) is 0 Å². The zero-order valence-corrected chi connectivity index (χ0v) is 18.2. The molecule has 0 N–H and O–H groups in total. The third-order valence-corrected chi connectivity index (χ3v) is 6.46. The Morgan fingerprint density at radius 3 is 2.93 bits per heavy atom. The zero-order valence-electron chi connectivity index (χ0n) is 17.4. The largest absolute Gasteiger partial charge is 0.385 e. The number of hydrogen-bond acceptors (Lipinski definition) is 6. The number of para-hydroxylation sites is 1. The molecule has 0 radical (unpaired) electrons. The van der Waals surface area contributed by atoms with Crippen molar-refractivity contribution in [2.75, 3.05) is 32.6 Å². The molecule has 4 rings (SSSR count). The monoisotopic (exact) mass is 429 g/mol. The van der Waals surface area contributed by atoms with Crippen LogP contribution in [0.3, 0.4) is 0 Å². The van der Waals surface area contributed by atoms with Crippen molar-refractivity contribution in [3.8, 4) is 0 Å². The molecule has 3 aromatic rings. The number of ether oxygens (including phenoxy) is 1. The molecule has 0 aliphatic carbocycles. The highest BCUT2D eigenvalue weighted by atomic mass is 32.2. The van der Waals surface area contributed by atoms with Crippen molar-refractivity contribution in [1.82, 2.24) is 24.1 Å². The normalized spacial score (nSPS) is 17.1. The third kappa shape index (κ3) is 4.09. The number of aryl methyl sites for hydroxylation is 1. The molecule has 1 aliphatic heterocycles. The molecule has 9 heteroatoms. The van der Waals surface area contributed by atoms with Gasteiger partial charge in [0, 0.05) is 33.4 Å². The standard InChI is InChI=1S/C21H27N5O3S/c1-15-7-5-10-24(13-15)18(27)14-30-21-23-22-20-25(11-6-12-29-2)19(28)16-8-3-4-9-17(16)26(20)21/h3-4,8-9,15H,5-7,10-14H2,1-2H3. The van der Waals surface area contributed by atoms with Gasteiger partial charge in [-0.05, 0) is 37.3 Å². The Morgan fingerprint density at radius 2 is 2.13 bits per heavy atom. The first-order chi connectivity index (χ1) is 14.6. The Hall–Kier alpha value is -2.39. The van der Waals surface area contributed by atoms with E-state index < -0.39 is 0 Å². The summed E-state index contributed by atoms with van der Waals surface area (Å²) >= 11 is 1.38. The quantitative estimate of drug-likeness (QED) is 0.424. The van der Waals surface area contributed by atoms with Gasteiger partial charge in [0.15, 0.2) is 5.16 Å². The minimum atomic E-state index is -0.0865. The Labute approximate surface area is 179 Å². The summed E-state index contributed by atoms with van der Waals surface area (Å²) in [7, 11) is 1.64. The second-order valence-corrected chi connectivity index (χ2v) is 8.76. The van der Waals surface area contributed by atoms with Crippen LogP contribution in [0, 0.1) is 5.92 Å². The van der Waals surface area contributed by atoms with Crippen molar-refractivity contribution < 1.29 is 9.53 Å². The summed E-state index contributed by atoms with van der Waals surface area (Å²) in [6, 6.07) is 7.46. The van der Waals surface area contributed by atoms with Crippen LogP contribution in [-0.4, -0.2) is 62.5 Å². The number of methoxy groups -OCH3 is 1. The fourth-order valence-electron chi connectivity index (χ4n) is 4.03. The van der Waals surface area contributed by atoms with Gasteiger partial charge in [-0.25, -0.2) is 0 Å². The molecule has 1 saturated heterocycles. The lowest BCUT2D eigenvalue weighted by molar-refractivity contribution is -0.130. The average molecular weight is 430 g/mol. The highest BCUT2D eigenvalue weighted by Gasteiger charge is 2.22. The second-order valence-electron chi connectivity index (χ2n) is 7.81. The van der Waals surface area contributed by atoms with E-state index in [1.165, 1.54) is 18.2 Å². The maximum atomic E-state index is 13.0. The fraction of sp³-hybridized carbons (Fsp3) is 0.524. The summed E-state index contributed by atoms with van der Waals surface area (Å²) < 4.78 is 8.67. The molecule has 0 bridgehead atoms. The van der Waals surface area contributed by atoms with Crippen molar-refractivity contribution in [2.45, 2.75) is 37.9 Å². The molecule has 1 amide bonds. The van der Waals surface area contributed by atoms with E-state index in [2.05, 4.69) is 17.1 Å². The lowest BCUT2D eigenvalue weighted by Gasteiger charge is -2.30. The Balaban J connectivity index is 1.66. The van der Waals surface area contributed by atoms with Crippen LogP contribution in [0.1, 0.15) is 26.2 Å². The van der Waals surface area contributed by atoms with Gasteiger partial charge in [0.2, 0.25) is 11.7 Å². The van der Waals surface area contributed by atoms with Gasteiger partial charge in [0.25, 0.3) is 5.56 Å². The molecule has 1 aromatic carbocycles. The van der Waals surface area contributed by atoms with E-state index in [1.54, 1.807) is 11.7 Å². The maximum absolute atomic E-state index is 13.0. The highest BCUT2D eigenvalue weighted by Crippen LogP contribution is 2.23. The highest BCUT2D eigenvalue weighted by molar-refractivity contribution is 7.99. The minimum Gasteiger partial charge on any atom is -0.385 e. The Kier molecular flexibility index (Phi) is 6.38. The van der Waals surface area contributed by atoms with Crippen LogP contribution in [0.25, 0.3) is 16.7 Å². The number of likely N-dealkylation sites (tertiary alicyclic amines) is 1. The predicted molar refractivity (Wildman–Crippen MR) is 117 cm³/mol. The van der Waals surface area contributed by atoms with Gasteiger partial charge in [-0.3, -0.25) is 18.6 Å². The Bertz CT molecular complexity index is 1110. The van der Waals surface area contributed by atoms with Crippen molar-refractivity contribution in [3.05, 3.63) is 34.6 Å². The van der Waals surface area contributed by atoms with Crippen LogP contribution >= 0.6 is 11.8 Å². The molecular formula is C21H27N5O3S. The number of aromatic nitrogens is 4. The molecule has 1 unspecified atom stereocenters. The number of hydrogen-bond donors (Lipinski definition) is 0. The first-order valence-corrected chi connectivity index (χ1v) is 11.3. The number of amides is 1. The number of rotatable bonds is 7. The summed E-state index contributed by atoms with van der Waals surface area (Å²) in [5.74, 6) is 1.48. The molecule has 160 valence electrons. The molecule has 1 aliphatic rings. The number of fused-ring (bicyclic) bond motifs is 3. The molecule has 1 fully saturated rings. The third-order valence-electron chi connectivity index (χ3n) is 5.54. The van der Waals surface area contributed by atoms with E-state index in [9.17, 15) is 9.59 Å². The number of carbonyl (C=O) groups excluding carboxylic acids is 1. The van der Waals surface area contributed by atoms with Crippen LogP contribution in [0.4, 0.5) is 0 Å². The van der Waals surface area contributed by atoms with Crippen molar-refractivity contribution in [3.63, 3.8) is 0 Å². The van der Waals surface area contributed by atoms with Gasteiger partial charge in [-0.1, -0.05) is 30.8 Å². The fourth-order valence-corrected chi connectivity index (χ4v) is 4.87. The Morgan fingerprint density at radius 1 is 1.30 bits per heavy atom. The average Bonchev–Trinajstić information content (AvgIpc) is 3.18. The molecule has 0 spiro atoms. The molecule has 30 heavy (non-hydrogen) atoms. The van der Waals surface area contributed by atoms with E-state index in [0.29, 0.717) is 47.6 Å². The lowest BCUT2D eigenvalue weighted by atomic mass is 10.0. The molecule has 8 nitrogen and oxygen atoms in total. The van der Waals surface area contributed by atoms with E-state index >= 15 is 0 Å². The number of benzene rings is 1. The van der Waals surface area contributed by atoms with E-state index in [1.807, 2.05) is 33.6 Å². The molecule has 2 aromatic heterocycles. The van der Waals surface area contributed by atoms with E-state index in [4.69, 9.17) is 4.74 Å². The molecular weight excluding hydrogens is 402 g/mol. The summed E-state index contributed by atoms with van der Waals surface area (Å²) in [5, 5.41) is 9.86. The molecule has 3 heterocycles. The topological polar surface area (TPSA) is 81.7 Å². The zero-order chi connectivity index (χ0) is 21.1. The SMILES string of the molecule is COCCCn1c(=O)c2ccccc2n2c(SCC(=O)N3CCCC(C)C3)nnc12. The second kappa shape index (κ2) is 9.18. The summed E-state index contributed by atoms with van der Waals surface area (Å²) in [6.07, 6.45) is 2.94. The number of thioether (sulfide) groups is 1. The summed E-state index contributed by atoms with van der Waals surface area (Å²) in [4.78, 5) is 27.7. The first kappa shape index (κ1) is 20.9. The molecule has 1 atom stereocenters. The van der Waals surface area contributed by atoms with Gasteiger partial charge in [0.1, 0.15) is 0 Å². The van der Waals surface area contributed by atoms with E-state index in [0.717, 1.165) is 25.0 Å². The predicted octanol–water partition coefficient (Wildman–Crippen LogP) is 2.43. The number of piperidine rings is 1. The lowest BCUT2D eigenvalue weighted by Crippen LogP contribution is -2.40. The van der Waals surface area contributed by atoms with E-state index in [-0.39, 0.29) is 11.5 Å². The van der Waals surface area contributed by atoms with Gasteiger partial charge in [-0.15, -0.1) is 10.2 Å². The van der Waals surface area contributed by atoms with Crippen molar-refractivity contribution in [1.29, 1.82) is 0 Å². The van der Waals surface area contributed by atoms with Gasteiger partial charge < -0.3 is 9.64 Å². The number of nitrogens with zero attached hydrogens (tertiary/aromatic N) is 5. The summed E-state index contributed by atoms with van der Waals surface area (Å²) in [5.41, 5.74) is 0.670. The minimum absolute atomic E-state index is 0.0865. The maximum Gasteiger partial charge on any atom is 0.262 e. The van der Waals surface area contributed by atoms with Crippen molar-refractivity contribution in [2.24, 2.45) is 5.92 Å². The van der Waals surface area contributed by atoms with Crippen LogP contribution in [0.15, 0.2) is 34.2 Å². The number of carbonyl (C=O) groups is 1. The van der Waals surface area contributed by atoms with Gasteiger partial charge in [0.05, 0.1) is 16.7 Å². The smallest absolute Gasteiger partial charge is 0.262 e. The molecule has 0 saturated carbocycles. The van der Waals surface area contributed by atoms with Crippen molar-refractivity contribution >= 4 is 34.3 Å². The first-order valence-electron chi connectivity index (χ1n) is 10.4. The van der Waals surface area contributed by atoms with Gasteiger partial charge >= 0.3 is 0 Å². The van der Waals surface area contributed by atoms with Crippen LogP contribution in [-0.2, 0) is 16.1 Å². The van der Waals surface area contributed by atoms with Crippen LogP contribution < -0.4 is 5.56 Å². The van der Waals surface area contributed by atoms with Crippen LogP contribution in [0.2, 0.25) is 0 Å². The summed E-state index contributed by atoms with van der Waals surface area (Å²) in [6.45, 7) is 4.89. The van der Waals surface area contributed by atoms with Crippen LogP contribution in [0.5, 0.6) is 0 Å².